The van der Waals surface area contributed by atoms with Crippen LogP contribution in [0.2, 0.25) is 0 Å². The Morgan fingerprint density at radius 3 is 2.36 bits per heavy atom. The Kier molecular flexibility index (Phi) is 4.19. The standard InChI is InChI=1S/C18H19N7/c1-10(2)18-21-6-12(7-22-18)15-11(3)16(13-8-23-25(4)9-13)24-17(20)14(15)5-19/h6-10H,1-4H3,(H2,20,24). The van der Waals surface area contributed by atoms with Gasteiger partial charge in [0, 0.05) is 48.2 Å². The van der Waals surface area contributed by atoms with Gasteiger partial charge in [-0.15, -0.1) is 0 Å². The molecule has 3 aromatic rings. The number of aryl methyl sites for hydroxylation is 1. The molecule has 0 bridgehead atoms. The van der Waals surface area contributed by atoms with Gasteiger partial charge >= 0.3 is 0 Å². The normalized spacial score (nSPS) is 10.9. The molecule has 7 nitrogen and oxygen atoms in total. The number of pyridine rings is 1. The van der Waals surface area contributed by atoms with Crippen molar-refractivity contribution in [2.75, 3.05) is 5.73 Å². The van der Waals surface area contributed by atoms with E-state index in [0.717, 1.165) is 22.5 Å². The Morgan fingerprint density at radius 1 is 1.16 bits per heavy atom. The molecule has 126 valence electrons. The van der Waals surface area contributed by atoms with Crippen LogP contribution < -0.4 is 5.73 Å². The molecule has 0 atom stereocenters. The number of rotatable bonds is 3. The lowest BCUT2D eigenvalue weighted by Crippen LogP contribution is -2.04. The minimum Gasteiger partial charge on any atom is -0.383 e. The minimum absolute atomic E-state index is 0.190. The number of hydrogen-bond donors (Lipinski definition) is 1. The van der Waals surface area contributed by atoms with Crippen LogP contribution in [-0.4, -0.2) is 24.7 Å². The van der Waals surface area contributed by atoms with Gasteiger partial charge in [0.15, 0.2) is 0 Å². The highest BCUT2D eigenvalue weighted by Crippen LogP contribution is 2.35. The zero-order valence-corrected chi connectivity index (χ0v) is 14.6. The van der Waals surface area contributed by atoms with E-state index in [9.17, 15) is 5.26 Å². The maximum Gasteiger partial charge on any atom is 0.142 e. The molecule has 0 aliphatic carbocycles. The van der Waals surface area contributed by atoms with Gasteiger partial charge in [0.05, 0.1) is 11.9 Å². The van der Waals surface area contributed by atoms with E-state index in [0.29, 0.717) is 16.8 Å². The van der Waals surface area contributed by atoms with Crippen LogP contribution in [0.25, 0.3) is 22.4 Å². The lowest BCUT2D eigenvalue weighted by Gasteiger charge is -2.14. The molecule has 3 heterocycles. The van der Waals surface area contributed by atoms with Crippen molar-refractivity contribution in [1.82, 2.24) is 24.7 Å². The fourth-order valence-electron chi connectivity index (χ4n) is 2.76. The summed E-state index contributed by atoms with van der Waals surface area (Å²) < 4.78 is 1.70. The number of nitrogens with zero attached hydrogens (tertiary/aromatic N) is 6. The Morgan fingerprint density at radius 2 is 1.84 bits per heavy atom. The first-order chi connectivity index (χ1) is 11.9. The molecular formula is C18H19N7. The van der Waals surface area contributed by atoms with E-state index < -0.39 is 0 Å². The molecule has 0 aliphatic rings. The van der Waals surface area contributed by atoms with E-state index in [2.05, 4.69) is 26.1 Å². The van der Waals surface area contributed by atoms with Crippen LogP contribution in [0.15, 0.2) is 24.8 Å². The van der Waals surface area contributed by atoms with Crippen LogP contribution in [0, 0.1) is 18.3 Å². The molecule has 2 N–H and O–H groups in total. The average Bonchev–Trinajstić information content (AvgIpc) is 3.02. The van der Waals surface area contributed by atoms with Crippen molar-refractivity contribution in [3.63, 3.8) is 0 Å². The summed E-state index contributed by atoms with van der Waals surface area (Å²) in [6, 6.07) is 2.16. The predicted molar refractivity (Wildman–Crippen MR) is 95.4 cm³/mol. The van der Waals surface area contributed by atoms with Crippen molar-refractivity contribution in [2.24, 2.45) is 7.05 Å². The monoisotopic (exact) mass is 333 g/mol. The number of hydrogen-bond acceptors (Lipinski definition) is 6. The molecule has 0 saturated heterocycles. The second-order valence-electron chi connectivity index (χ2n) is 6.22. The van der Waals surface area contributed by atoms with Crippen LogP contribution in [0.1, 0.15) is 36.7 Å². The summed E-state index contributed by atoms with van der Waals surface area (Å²) in [4.78, 5) is 13.2. The molecule has 0 aromatic carbocycles. The summed E-state index contributed by atoms with van der Waals surface area (Å²) in [7, 11) is 1.84. The third-order valence-corrected chi connectivity index (χ3v) is 4.04. The predicted octanol–water partition coefficient (Wildman–Crippen LogP) is 2.82. The highest BCUT2D eigenvalue weighted by molar-refractivity contribution is 5.83. The van der Waals surface area contributed by atoms with Gasteiger partial charge in [-0.25, -0.2) is 15.0 Å². The molecule has 7 heteroatoms. The minimum atomic E-state index is 0.190. The molecule has 3 rings (SSSR count). The first-order valence-electron chi connectivity index (χ1n) is 7.93. The van der Waals surface area contributed by atoms with Gasteiger partial charge in [-0.05, 0) is 12.5 Å². The van der Waals surface area contributed by atoms with Crippen molar-refractivity contribution in [1.29, 1.82) is 5.26 Å². The van der Waals surface area contributed by atoms with Crippen LogP contribution in [0.3, 0.4) is 0 Å². The van der Waals surface area contributed by atoms with Crippen LogP contribution in [-0.2, 0) is 7.05 Å². The van der Waals surface area contributed by atoms with Gasteiger partial charge in [-0.3, -0.25) is 4.68 Å². The van der Waals surface area contributed by atoms with Gasteiger partial charge < -0.3 is 5.73 Å². The summed E-state index contributed by atoms with van der Waals surface area (Å²) in [5, 5.41) is 13.8. The van der Waals surface area contributed by atoms with Crippen molar-refractivity contribution in [3.8, 4) is 28.5 Å². The highest BCUT2D eigenvalue weighted by Gasteiger charge is 2.19. The Labute approximate surface area is 146 Å². The average molecular weight is 333 g/mol. The maximum atomic E-state index is 9.57. The second-order valence-corrected chi connectivity index (χ2v) is 6.22. The Bertz CT molecular complexity index is 962. The third kappa shape index (κ3) is 2.94. The zero-order valence-electron chi connectivity index (χ0n) is 14.6. The fourth-order valence-corrected chi connectivity index (χ4v) is 2.76. The molecule has 3 aromatic heterocycles. The van der Waals surface area contributed by atoms with Crippen molar-refractivity contribution >= 4 is 5.82 Å². The topological polar surface area (TPSA) is 106 Å². The van der Waals surface area contributed by atoms with E-state index in [-0.39, 0.29) is 11.7 Å². The zero-order chi connectivity index (χ0) is 18.1. The molecule has 0 amide bonds. The number of nitrogen functional groups attached to an aromatic ring is 1. The van der Waals surface area contributed by atoms with Gasteiger partial charge in [-0.2, -0.15) is 10.4 Å². The van der Waals surface area contributed by atoms with E-state index in [1.54, 1.807) is 23.3 Å². The van der Waals surface area contributed by atoms with Crippen LogP contribution >= 0.6 is 0 Å². The van der Waals surface area contributed by atoms with E-state index in [4.69, 9.17) is 5.73 Å². The first kappa shape index (κ1) is 16.6. The highest BCUT2D eigenvalue weighted by atomic mass is 15.2. The summed E-state index contributed by atoms with van der Waals surface area (Å²) in [5.74, 6) is 1.18. The largest absolute Gasteiger partial charge is 0.383 e. The number of anilines is 1. The molecule has 0 spiro atoms. The summed E-state index contributed by atoms with van der Waals surface area (Å²) in [5.41, 5.74) is 10.3. The quantitative estimate of drug-likeness (QED) is 0.790. The summed E-state index contributed by atoms with van der Waals surface area (Å²) in [6.45, 7) is 5.99. The maximum absolute atomic E-state index is 9.57. The molecule has 0 aliphatic heterocycles. The molecule has 0 saturated carbocycles. The molecule has 0 radical (unpaired) electrons. The smallest absolute Gasteiger partial charge is 0.142 e. The van der Waals surface area contributed by atoms with E-state index in [1.807, 2.05) is 34.0 Å². The van der Waals surface area contributed by atoms with Gasteiger partial charge in [0.1, 0.15) is 23.3 Å². The van der Waals surface area contributed by atoms with Crippen LogP contribution in [0.4, 0.5) is 5.82 Å². The van der Waals surface area contributed by atoms with Crippen molar-refractivity contribution < 1.29 is 0 Å². The number of aromatic nitrogens is 5. The lowest BCUT2D eigenvalue weighted by molar-refractivity contribution is 0.768. The Balaban J connectivity index is 2.24. The van der Waals surface area contributed by atoms with Gasteiger partial charge in [0.25, 0.3) is 0 Å². The first-order valence-corrected chi connectivity index (χ1v) is 7.93. The summed E-state index contributed by atoms with van der Waals surface area (Å²) >= 11 is 0. The van der Waals surface area contributed by atoms with Crippen molar-refractivity contribution in [2.45, 2.75) is 26.7 Å². The summed E-state index contributed by atoms with van der Waals surface area (Å²) in [6.07, 6.45) is 7.06. The molecule has 0 unspecified atom stereocenters. The third-order valence-electron chi connectivity index (χ3n) is 4.04. The lowest BCUT2D eigenvalue weighted by atomic mass is 9.95. The molecule has 25 heavy (non-hydrogen) atoms. The van der Waals surface area contributed by atoms with Crippen molar-refractivity contribution in [3.05, 3.63) is 41.7 Å². The SMILES string of the molecule is Cc1c(-c2cnn(C)c2)nc(N)c(C#N)c1-c1cnc(C(C)C)nc1. The number of nitriles is 1. The molecular weight excluding hydrogens is 314 g/mol. The Hall–Kier alpha value is -3.27. The second kappa shape index (κ2) is 6.32. The van der Waals surface area contributed by atoms with Crippen LogP contribution in [0.5, 0.6) is 0 Å². The van der Waals surface area contributed by atoms with Gasteiger partial charge in [-0.1, -0.05) is 13.8 Å². The van der Waals surface area contributed by atoms with E-state index in [1.165, 1.54) is 0 Å². The molecule has 0 fully saturated rings. The number of nitrogens with two attached hydrogens (primary N) is 1. The fraction of sp³-hybridized carbons (Fsp3) is 0.278. The van der Waals surface area contributed by atoms with E-state index >= 15 is 0 Å². The van der Waals surface area contributed by atoms with Gasteiger partial charge in [0.2, 0.25) is 0 Å².